The second kappa shape index (κ2) is 12.7. The number of amides is 1. The minimum Gasteiger partial charge on any atom is -0.365 e. The average Bonchev–Trinajstić information content (AvgIpc) is 3.61. The number of carbonyl (C=O) groups excluding carboxylic acids is 1. The highest BCUT2D eigenvalue weighted by molar-refractivity contribution is 7.44. The quantitative estimate of drug-likeness (QED) is 0.171. The fraction of sp³-hybridized carbons (Fsp3) is 0.552. The molecule has 0 aliphatic carbocycles. The molecule has 0 saturated carbocycles. The standard InChI is InChI=1S/C29H38N7O5P/c1-8-29-20(6)39-23(24(29)41-42(38-15-14-30-7)36(18(2)3)19(4)5)28(40-29)35-17-33-22-25(31-16-32-26(22)35)34-27(37)21-12-10-9-11-13-21/h9-13,16-20,23-24,28H,8,14-15H2,1-6H3,(H,31,32,34,37)/t20?,23-,24+,28-,29+,42?/m1/s1. The molecule has 1 aromatic carbocycles. The predicted molar refractivity (Wildman–Crippen MR) is 159 cm³/mol. The Labute approximate surface area is 247 Å². The summed E-state index contributed by atoms with van der Waals surface area (Å²) in [5.41, 5.74) is 0.736. The van der Waals surface area contributed by atoms with Crippen LogP contribution in [0, 0.1) is 6.57 Å². The van der Waals surface area contributed by atoms with E-state index in [4.69, 9.17) is 25.1 Å². The third-order valence-corrected chi connectivity index (χ3v) is 9.87. The number of aromatic nitrogens is 4. The Kier molecular flexibility index (Phi) is 9.18. The second-order valence-electron chi connectivity index (χ2n) is 11.0. The summed E-state index contributed by atoms with van der Waals surface area (Å²) in [6.07, 6.45) is 2.00. The Morgan fingerprint density at radius 1 is 1.21 bits per heavy atom. The highest BCUT2D eigenvalue weighted by Crippen LogP contribution is 2.58. The van der Waals surface area contributed by atoms with Crippen molar-refractivity contribution in [1.82, 2.24) is 24.2 Å². The molecule has 1 amide bonds. The van der Waals surface area contributed by atoms with Crippen molar-refractivity contribution in [3.8, 4) is 0 Å². The third kappa shape index (κ3) is 5.53. The molecule has 0 radical (unpaired) electrons. The minimum atomic E-state index is -1.51. The van der Waals surface area contributed by atoms with Gasteiger partial charge in [-0.1, -0.05) is 25.1 Å². The highest BCUT2D eigenvalue weighted by atomic mass is 31.2. The molecule has 2 saturated heterocycles. The van der Waals surface area contributed by atoms with E-state index < -0.39 is 32.6 Å². The molecule has 2 aromatic heterocycles. The average molecular weight is 596 g/mol. The molecular formula is C29H38N7O5P. The van der Waals surface area contributed by atoms with Gasteiger partial charge in [0, 0.05) is 17.6 Å². The van der Waals surface area contributed by atoms with E-state index >= 15 is 0 Å². The molecule has 2 aliphatic heterocycles. The van der Waals surface area contributed by atoms with E-state index in [9.17, 15) is 4.79 Å². The lowest BCUT2D eigenvalue weighted by molar-refractivity contribution is -0.205. The zero-order chi connectivity index (χ0) is 30.0. The summed E-state index contributed by atoms with van der Waals surface area (Å²) < 4.78 is 30.4. The predicted octanol–water partition coefficient (Wildman–Crippen LogP) is 5.21. The molecule has 13 heteroatoms. The molecule has 0 spiro atoms. The largest absolute Gasteiger partial charge is 0.365 e. The fourth-order valence-electron chi connectivity index (χ4n) is 5.82. The summed E-state index contributed by atoms with van der Waals surface area (Å²) in [6, 6.07) is 9.25. The number of carbonyl (C=O) groups is 1. The van der Waals surface area contributed by atoms with Crippen molar-refractivity contribution >= 4 is 31.4 Å². The zero-order valence-corrected chi connectivity index (χ0v) is 25.7. The molecule has 5 rings (SSSR count). The Morgan fingerprint density at radius 3 is 2.62 bits per heavy atom. The molecule has 4 heterocycles. The molecule has 42 heavy (non-hydrogen) atoms. The van der Waals surface area contributed by atoms with E-state index in [2.05, 4.69) is 64.4 Å². The number of imidazole rings is 1. The normalized spacial score (nSPS) is 25.9. The fourth-order valence-corrected chi connectivity index (χ4v) is 7.61. The Hall–Kier alpha value is -3.04. The van der Waals surface area contributed by atoms with Gasteiger partial charge in [0.2, 0.25) is 6.54 Å². The smallest absolute Gasteiger partial charge is 0.259 e. The van der Waals surface area contributed by atoms with Crippen LogP contribution in [0.1, 0.15) is 64.5 Å². The van der Waals surface area contributed by atoms with Crippen LogP contribution in [0.15, 0.2) is 43.0 Å². The zero-order valence-electron chi connectivity index (χ0n) is 24.8. The van der Waals surface area contributed by atoms with Crippen molar-refractivity contribution in [2.24, 2.45) is 0 Å². The van der Waals surface area contributed by atoms with Gasteiger partial charge in [0.1, 0.15) is 30.7 Å². The van der Waals surface area contributed by atoms with E-state index in [0.29, 0.717) is 29.0 Å². The molecule has 2 bridgehead atoms. The van der Waals surface area contributed by atoms with Crippen molar-refractivity contribution < 1.29 is 23.3 Å². The van der Waals surface area contributed by atoms with Crippen LogP contribution in [0.3, 0.4) is 0 Å². The first-order chi connectivity index (χ1) is 20.2. The monoisotopic (exact) mass is 595 g/mol. The van der Waals surface area contributed by atoms with E-state index in [1.807, 2.05) is 17.6 Å². The maximum absolute atomic E-state index is 12.8. The number of rotatable bonds is 12. The Bertz CT molecular complexity index is 1420. The van der Waals surface area contributed by atoms with Crippen molar-refractivity contribution in [3.05, 3.63) is 60.0 Å². The first kappa shape index (κ1) is 30.4. The van der Waals surface area contributed by atoms with Crippen LogP contribution in [0.25, 0.3) is 16.0 Å². The summed E-state index contributed by atoms with van der Waals surface area (Å²) in [5, 5.41) is 2.85. The third-order valence-electron chi connectivity index (χ3n) is 7.76. The van der Waals surface area contributed by atoms with Crippen LogP contribution in [-0.2, 0) is 18.5 Å². The van der Waals surface area contributed by atoms with Crippen molar-refractivity contribution in [3.63, 3.8) is 0 Å². The second-order valence-corrected chi connectivity index (χ2v) is 12.4. The number of benzene rings is 1. The van der Waals surface area contributed by atoms with Gasteiger partial charge in [-0.2, -0.15) is 0 Å². The highest BCUT2D eigenvalue weighted by Gasteiger charge is 2.66. The Morgan fingerprint density at radius 2 is 1.95 bits per heavy atom. The van der Waals surface area contributed by atoms with Crippen LogP contribution in [0.2, 0.25) is 0 Å². The van der Waals surface area contributed by atoms with E-state index in [0.717, 1.165) is 0 Å². The van der Waals surface area contributed by atoms with E-state index in [-0.39, 0.29) is 37.2 Å². The molecule has 3 aromatic rings. The lowest BCUT2D eigenvalue weighted by atomic mass is 9.91. The maximum atomic E-state index is 12.8. The van der Waals surface area contributed by atoms with Crippen molar-refractivity contribution in [2.75, 3.05) is 18.5 Å². The summed E-state index contributed by atoms with van der Waals surface area (Å²) in [6.45, 7) is 20.2. The van der Waals surface area contributed by atoms with Crippen LogP contribution in [-0.4, -0.2) is 79.2 Å². The lowest BCUT2D eigenvalue weighted by Gasteiger charge is -2.39. The van der Waals surface area contributed by atoms with Gasteiger partial charge in [-0.25, -0.2) is 26.2 Å². The number of anilines is 1. The maximum Gasteiger partial charge on any atom is 0.259 e. The lowest BCUT2D eigenvalue weighted by Crippen LogP contribution is -2.46. The molecular weight excluding hydrogens is 557 g/mol. The van der Waals surface area contributed by atoms with Crippen LogP contribution in [0.4, 0.5) is 5.82 Å². The number of fused-ring (bicyclic) bond motifs is 3. The van der Waals surface area contributed by atoms with Crippen molar-refractivity contribution in [2.45, 2.75) is 90.2 Å². The molecule has 1 N–H and O–H groups in total. The topological polar surface area (TPSA) is 117 Å². The minimum absolute atomic E-state index is 0.162. The number of nitrogens with one attached hydrogen (secondary N) is 1. The van der Waals surface area contributed by atoms with Gasteiger partial charge in [0.25, 0.3) is 14.4 Å². The van der Waals surface area contributed by atoms with Gasteiger partial charge < -0.3 is 28.7 Å². The van der Waals surface area contributed by atoms with Crippen LogP contribution < -0.4 is 5.32 Å². The van der Waals surface area contributed by atoms with Gasteiger partial charge >= 0.3 is 0 Å². The first-order valence-electron chi connectivity index (χ1n) is 14.3. The molecule has 12 nitrogen and oxygen atoms in total. The summed E-state index contributed by atoms with van der Waals surface area (Å²) in [5.74, 6) is 0.0209. The van der Waals surface area contributed by atoms with Gasteiger partial charge in [0.15, 0.2) is 23.2 Å². The SMILES string of the molecule is [C-]#[N+]CCOP(O[C@H]1[C@H]2OC(C)[C@]1(CC)O[C@H]2n1cnc2c(NC(=O)c3ccccc3)ncnc21)N(C(C)C)C(C)C. The number of ether oxygens (including phenoxy) is 2. The first-order valence-corrected chi connectivity index (χ1v) is 15.4. The molecule has 2 unspecified atom stereocenters. The van der Waals surface area contributed by atoms with Gasteiger partial charge in [-0.15, -0.1) is 0 Å². The van der Waals surface area contributed by atoms with Crippen molar-refractivity contribution in [1.29, 1.82) is 0 Å². The summed E-state index contributed by atoms with van der Waals surface area (Å²) in [7, 11) is -1.51. The number of nitrogens with zero attached hydrogens (tertiary/aromatic N) is 6. The summed E-state index contributed by atoms with van der Waals surface area (Å²) >= 11 is 0. The van der Waals surface area contributed by atoms with E-state index in [1.165, 1.54) is 6.33 Å². The molecule has 224 valence electrons. The van der Waals surface area contributed by atoms with Gasteiger partial charge in [-0.05, 0) is 53.2 Å². The summed E-state index contributed by atoms with van der Waals surface area (Å²) in [4.78, 5) is 29.6. The molecule has 6 atom stereocenters. The number of hydrogen-bond acceptors (Lipinski definition) is 9. The van der Waals surface area contributed by atoms with Gasteiger partial charge in [0.05, 0.1) is 12.4 Å². The van der Waals surface area contributed by atoms with Crippen LogP contribution in [0.5, 0.6) is 0 Å². The number of hydrogen-bond donors (Lipinski definition) is 1. The molecule has 2 fully saturated rings. The van der Waals surface area contributed by atoms with Crippen LogP contribution >= 0.6 is 8.53 Å². The van der Waals surface area contributed by atoms with Gasteiger partial charge in [-0.3, -0.25) is 9.36 Å². The Balaban J connectivity index is 1.45. The van der Waals surface area contributed by atoms with E-state index in [1.54, 1.807) is 30.6 Å². The molecule has 2 aliphatic rings.